The summed E-state index contributed by atoms with van der Waals surface area (Å²) in [4.78, 5) is 24.7. The van der Waals surface area contributed by atoms with Crippen molar-refractivity contribution in [3.05, 3.63) is 54.1 Å². The van der Waals surface area contributed by atoms with Crippen LogP contribution >= 0.6 is 0 Å². The van der Waals surface area contributed by atoms with Gasteiger partial charge in [-0.15, -0.1) is 0 Å². The van der Waals surface area contributed by atoms with Gasteiger partial charge in [0.05, 0.1) is 18.8 Å². The van der Waals surface area contributed by atoms with E-state index in [-0.39, 0.29) is 0 Å². The van der Waals surface area contributed by atoms with E-state index in [2.05, 4.69) is 10.9 Å². The number of benzene rings is 2. The summed E-state index contributed by atoms with van der Waals surface area (Å²) in [6, 6.07) is 13.7. The van der Waals surface area contributed by atoms with Crippen molar-refractivity contribution in [1.29, 1.82) is 0 Å². The number of nitrogens with one attached hydrogen (secondary N) is 2. The first-order chi connectivity index (χ1) is 14.5. The quantitative estimate of drug-likeness (QED) is 0.432. The fourth-order valence-corrected chi connectivity index (χ4v) is 2.46. The summed E-state index contributed by atoms with van der Waals surface area (Å²) in [5.74, 6) is 0.648. The molecule has 0 fully saturated rings. The van der Waals surface area contributed by atoms with E-state index in [1.54, 1.807) is 55.5 Å². The standard InChI is InChI=1S/C22H28N2O6/c1-4-27-14-15-29-20-9-7-6-8-19(20)22(26)24-23-21(25)16(3)30-18-12-10-17(11-13-18)28-5-2/h6-13,16H,4-5,14-15H2,1-3H3,(H,23,25)(H,24,26). The van der Waals surface area contributed by atoms with Crippen molar-refractivity contribution in [3.8, 4) is 17.2 Å². The molecular formula is C22H28N2O6. The Bertz CT molecular complexity index is 810. The first-order valence-corrected chi connectivity index (χ1v) is 9.84. The first-order valence-electron chi connectivity index (χ1n) is 9.84. The van der Waals surface area contributed by atoms with Gasteiger partial charge in [0.15, 0.2) is 6.10 Å². The molecule has 2 aromatic carbocycles. The van der Waals surface area contributed by atoms with Gasteiger partial charge in [0, 0.05) is 6.61 Å². The van der Waals surface area contributed by atoms with Crippen molar-refractivity contribution in [1.82, 2.24) is 10.9 Å². The number of carbonyl (C=O) groups is 2. The lowest BCUT2D eigenvalue weighted by Crippen LogP contribution is -2.47. The Balaban J connectivity index is 1.85. The van der Waals surface area contributed by atoms with Gasteiger partial charge in [-0.25, -0.2) is 0 Å². The lowest BCUT2D eigenvalue weighted by atomic mass is 10.2. The number of hydrogen-bond acceptors (Lipinski definition) is 6. The van der Waals surface area contributed by atoms with Gasteiger partial charge in [0.1, 0.15) is 23.9 Å². The van der Waals surface area contributed by atoms with Gasteiger partial charge in [-0.2, -0.15) is 0 Å². The Morgan fingerprint density at radius 1 is 0.867 bits per heavy atom. The number of rotatable bonds is 11. The van der Waals surface area contributed by atoms with Crippen LogP contribution in [0.1, 0.15) is 31.1 Å². The second-order valence-electron chi connectivity index (χ2n) is 6.15. The minimum atomic E-state index is -0.819. The fourth-order valence-electron chi connectivity index (χ4n) is 2.46. The summed E-state index contributed by atoms with van der Waals surface area (Å²) in [7, 11) is 0. The van der Waals surface area contributed by atoms with Crippen LogP contribution in [0.3, 0.4) is 0 Å². The van der Waals surface area contributed by atoms with E-state index in [1.165, 1.54) is 0 Å². The lowest BCUT2D eigenvalue weighted by Gasteiger charge is -2.16. The number of ether oxygens (including phenoxy) is 4. The van der Waals surface area contributed by atoms with Crippen molar-refractivity contribution < 1.29 is 28.5 Å². The van der Waals surface area contributed by atoms with Crippen molar-refractivity contribution in [3.63, 3.8) is 0 Å². The molecule has 8 nitrogen and oxygen atoms in total. The summed E-state index contributed by atoms with van der Waals surface area (Å²) in [5, 5.41) is 0. The molecule has 0 saturated carbocycles. The van der Waals surface area contributed by atoms with E-state index in [9.17, 15) is 9.59 Å². The van der Waals surface area contributed by atoms with Gasteiger partial charge in [0.25, 0.3) is 11.8 Å². The maximum absolute atomic E-state index is 12.4. The van der Waals surface area contributed by atoms with Gasteiger partial charge < -0.3 is 18.9 Å². The van der Waals surface area contributed by atoms with Crippen LogP contribution in [0.2, 0.25) is 0 Å². The second kappa shape index (κ2) is 12.3. The molecule has 2 rings (SSSR count). The van der Waals surface area contributed by atoms with E-state index in [0.29, 0.717) is 43.5 Å². The maximum atomic E-state index is 12.4. The molecule has 0 heterocycles. The summed E-state index contributed by atoms with van der Waals surface area (Å²) < 4.78 is 21.8. The van der Waals surface area contributed by atoms with Crippen molar-refractivity contribution in [2.45, 2.75) is 26.9 Å². The summed E-state index contributed by atoms with van der Waals surface area (Å²) in [6.45, 7) is 7.28. The zero-order valence-corrected chi connectivity index (χ0v) is 17.5. The third kappa shape index (κ3) is 7.29. The highest BCUT2D eigenvalue weighted by atomic mass is 16.5. The van der Waals surface area contributed by atoms with Crippen LogP contribution in [0.25, 0.3) is 0 Å². The van der Waals surface area contributed by atoms with Gasteiger partial charge in [-0.3, -0.25) is 20.4 Å². The predicted molar refractivity (Wildman–Crippen MR) is 112 cm³/mol. The summed E-state index contributed by atoms with van der Waals surface area (Å²) in [5.41, 5.74) is 5.05. The molecular weight excluding hydrogens is 388 g/mol. The Kier molecular flexibility index (Phi) is 9.47. The molecule has 1 unspecified atom stereocenters. The Morgan fingerprint density at radius 2 is 1.57 bits per heavy atom. The van der Waals surface area contributed by atoms with E-state index < -0.39 is 17.9 Å². The third-order valence-corrected chi connectivity index (χ3v) is 3.94. The van der Waals surface area contributed by atoms with E-state index >= 15 is 0 Å². The average Bonchev–Trinajstić information content (AvgIpc) is 2.76. The van der Waals surface area contributed by atoms with Gasteiger partial charge in [-0.05, 0) is 57.2 Å². The minimum Gasteiger partial charge on any atom is -0.494 e. The first kappa shape index (κ1) is 23.0. The summed E-state index contributed by atoms with van der Waals surface area (Å²) in [6.07, 6.45) is -0.819. The molecule has 0 aliphatic heterocycles. The molecule has 30 heavy (non-hydrogen) atoms. The van der Waals surface area contributed by atoms with E-state index in [1.807, 2.05) is 13.8 Å². The molecule has 0 saturated heterocycles. The minimum absolute atomic E-state index is 0.300. The second-order valence-corrected chi connectivity index (χ2v) is 6.15. The summed E-state index contributed by atoms with van der Waals surface area (Å²) >= 11 is 0. The number of hydrogen-bond donors (Lipinski definition) is 2. The number of para-hydroxylation sites is 1. The van der Waals surface area contributed by atoms with Crippen LogP contribution in [-0.2, 0) is 9.53 Å². The molecule has 0 aliphatic rings. The Labute approximate surface area is 176 Å². The topological polar surface area (TPSA) is 95.1 Å². The van der Waals surface area contributed by atoms with Crippen LogP contribution < -0.4 is 25.1 Å². The largest absolute Gasteiger partial charge is 0.494 e. The van der Waals surface area contributed by atoms with Crippen molar-refractivity contribution in [2.75, 3.05) is 26.4 Å². The van der Waals surface area contributed by atoms with Gasteiger partial charge in [0.2, 0.25) is 0 Å². The number of amides is 2. The molecule has 2 amide bonds. The highest BCUT2D eigenvalue weighted by Crippen LogP contribution is 2.19. The van der Waals surface area contributed by atoms with Gasteiger partial charge in [-0.1, -0.05) is 12.1 Å². The number of carbonyl (C=O) groups excluding carboxylic acids is 2. The zero-order valence-electron chi connectivity index (χ0n) is 17.5. The van der Waals surface area contributed by atoms with Crippen LogP contribution in [-0.4, -0.2) is 44.3 Å². The monoisotopic (exact) mass is 416 g/mol. The highest BCUT2D eigenvalue weighted by Gasteiger charge is 2.17. The van der Waals surface area contributed by atoms with Crippen LogP contribution in [0.5, 0.6) is 17.2 Å². The van der Waals surface area contributed by atoms with E-state index in [0.717, 1.165) is 5.75 Å². The van der Waals surface area contributed by atoms with E-state index in [4.69, 9.17) is 18.9 Å². The SMILES string of the molecule is CCOCCOc1ccccc1C(=O)NNC(=O)C(C)Oc1ccc(OCC)cc1. The third-order valence-electron chi connectivity index (χ3n) is 3.94. The van der Waals surface area contributed by atoms with Crippen molar-refractivity contribution >= 4 is 11.8 Å². The Morgan fingerprint density at radius 3 is 2.27 bits per heavy atom. The maximum Gasteiger partial charge on any atom is 0.279 e. The molecule has 1 atom stereocenters. The molecule has 0 aromatic heterocycles. The molecule has 8 heteroatoms. The van der Waals surface area contributed by atoms with Gasteiger partial charge >= 0.3 is 0 Å². The molecule has 162 valence electrons. The molecule has 0 radical (unpaired) electrons. The van der Waals surface area contributed by atoms with Crippen LogP contribution in [0, 0.1) is 0 Å². The smallest absolute Gasteiger partial charge is 0.279 e. The van der Waals surface area contributed by atoms with Crippen LogP contribution in [0.4, 0.5) is 0 Å². The molecule has 0 aliphatic carbocycles. The molecule has 2 aromatic rings. The lowest BCUT2D eigenvalue weighted by molar-refractivity contribution is -0.128. The Hall–Kier alpha value is -3.26. The molecule has 2 N–H and O–H groups in total. The average molecular weight is 416 g/mol. The molecule has 0 spiro atoms. The zero-order chi connectivity index (χ0) is 21.8. The predicted octanol–water partition coefficient (Wildman–Crippen LogP) is 2.73. The van der Waals surface area contributed by atoms with Crippen molar-refractivity contribution in [2.24, 2.45) is 0 Å². The molecule has 0 bridgehead atoms. The normalized spacial score (nSPS) is 11.3. The number of hydrazine groups is 1. The van der Waals surface area contributed by atoms with Crippen LogP contribution in [0.15, 0.2) is 48.5 Å². The highest BCUT2D eigenvalue weighted by molar-refractivity contribution is 5.98. The fraction of sp³-hybridized carbons (Fsp3) is 0.364.